The fourth-order valence-corrected chi connectivity index (χ4v) is 4.84. The van der Waals surface area contributed by atoms with Crippen LogP contribution in [0.1, 0.15) is 41.3 Å². The molecule has 2 aromatic carbocycles. The molecule has 178 valence electrons. The Morgan fingerprint density at radius 1 is 1.27 bits per heavy atom. The van der Waals surface area contributed by atoms with Crippen LogP contribution >= 0.6 is 27.5 Å². The van der Waals surface area contributed by atoms with Crippen molar-refractivity contribution in [1.29, 1.82) is 0 Å². The van der Waals surface area contributed by atoms with Gasteiger partial charge >= 0.3 is 0 Å². The molecule has 33 heavy (non-hydrogen) atoms. The van der Waals surface area contributed by atoms with Crippen LogP contribution in [0.5, 0.6) is 5.75 Å². The number of hydrogen-bond donors (Lipinski definition) is 2. The third kappa shape index (κ3) is 7.19. The molecular formula is C25H32BrClN4O2. The van der Waals surface area contributed by atoms with Crippen LogP contribution in [-0.4, -0.2) is 50.1 Å². The summed E-state index contributed by atoms with van der Waals surface area (Å²) in [5.41, 5.74) is 8.36. The smallest absolute Gasteiger partial charge is 0.258 e. The Labute approximate surface area is 209 Å². The maximum atomic E-state index is 13.0. The van der Waals surface area contributed by atoms with Crippen molar-refractivity contribution in [2.45, 2.75) is 32.6 Å². The molecule has 1 heterocycles. The first-order chi connectivity index (χ1) is 15.9. The minimum atomic E-state index is -0.296. The van der Waals surface area contributed by atoms with Gasteiger partial charge in [0.25, 0.3) is 5.91 Å². The highest BCUT2D eigenvalue weighted by molar-refractivity contribution is 9.10. The third-order valence-corrected chi connectivity index (χ3v) is 7.01. The predicted molar refractivity (Wildman–Crippen MR) is 138 cm³/mol. The number of guanidine groups is 1. The molecule has 1 aliphatic rings. The zero-order valence-corrected chi connectivity index (χ0v) is 21.6. The first-order valence-corrected chi connectivity index (χ1v) is 12.5. The van der Waals surface area contributed by atoms with Crippen LogP contribution in [0.15, 0.2) is 45.9 Å². The molecule has 8 heteroatoms. The van der Waals surface area contributed by atoms with Crippen LogP contribution in [0.4, 0.5) is 0 Å². The summed E-state index contributed by atoms with van der Waals surface area (Å²) in [5, 5.41) is 3.29. The predicted octanol–water partition coefficient (Wildman–Crippen LogP) is 4.67. The van der Waals surface area contributed by atoms with Crippen LogP contribution in [-0.2, 0) is 12.8 Å². The number of likely N-dealkylation sites (tertiary alicyclic amines) is 1. The molecule has 6 nitrogen and oxygen atoms in total. The van der Waals surface area contributed by atoms with Crippen LogP contribution < -0.4 is 15.8 Å². The number of amides is 1. The number of hydrogen-bond acceptors (Lipinski definition) is 4. The van der Waals surface area contributed by atoms with Gasteiger partial charge in [-0.1, -0.05) is 40.5 Å². The lowest BCUT2D eigenvalue weighted by atomic mass is 9.97. The number of rotatable bonds is 8. The van der Waals surface area contributed by atoms with Crippen molar-refractivity contribution in [3.8, 4) is 5.75 Å². The Morgan fingerprint density at radius 2 is 2.03 bits per heavy atom. The van der Waals surface area contributed by atoms with E-state index in [1.165, 1.54) is 0 Å². The van der Waals surface area contributed by atoms with Crippen LogP contribution in [0.25, 0.3) is 0 Å². The van der Waals surface area contributed by atoms with Gasteiger partial charge < -0.3 is 15.4 Å². The largest absolute Gasteiger partial charge is 0.496 e. The van der Waals surface area contributed by atoms with Crippen molar-refractivity contribution < 1.29 is 9.53 Å². The average Bonchev–Trinajstić information content (AvgIpc) is 2.82. The van der Waals surface area contributed by atoms with Crippen molar-refractivity contribution in [2.24, 2.45) is 16.6 Å². The van der Waals surface area contributed by atoms with E-state index in [0.29, 0.717) is 35.9 Å². The van der Waals surface area contributed by atoms with Crippen LogP contribution in [0, 0.1) is 5.92 Å². The van der Waals surface area contributed by atoms with E-state index in [4.69, 9.17) is 22.1 Å². The summed E-state index contributed by atoms with van der Waals surface area (Å²) >= 11 is 9.99. The molecule has 0 radical (unpaired) electrons. The molecule has 0 atom stereocenters. The minimum Gasteiger partial charge on any atom is -0.496 e. The lowest BCUT2D eigenvalue weighted by Gasteiger charge is -2.30. The third-order valence-electron chi connectivity index (χ3n) is 6.17. The summed E-state index contributed by atoms with van der Waals surface area (Å²) in [6.07, 6.45) is 3.47. The van der Waals surface area contributed by atoms with E-state index in [9.17, 15) is 4.79 Å². The quantitative estimate of drug-likeness (QED) is 0.380. The number of nitrogens with zero attached hydrogens (tertiary/aromatic N) is 2. The van der Waals surface area contributed by atoms with Crippen molar-refractivity contribution in [1.82, 2.24) is 10.2 Å². The molecular weight excluding hydrogens is 504 g/mol. The SMILES string of the molecule is CCN1CCC(CN=C(N)NC(=O)c2cccc(Cl)c2CCc2cc(Br)ccc2OC)CC1. The summed E-state index contributed by atoms with van der Waals surface area (Å²) in [6, 6.07) is 11.2. The van der Waals surface area contributed by atoms with Gasteiger partial charge in [0.1, 0.15) is 5.75 Å². The van der Waals surface area contributed by atoms with Crippen molar-refractivity contribution >= 4 is 39.4 Å². The number of piperidine rings is 1. The van der Waals surface area contributed by atoms with E-state index in [1.807, 2.05) is 18.2 Å². The van der Waals surface area contributed by atoms with Gasteiger partial charge in [0, 0.05) is 21.6 Å². The summed E-state index contributed by atoms with van der Waals surface area (Å²) in [6.45, 7) is 6.10. The molecule has 3 N–H and O–H groups in total. The van der Waals surface area contributed by atoms with Gasteiger partial charge in [-0.15, -0.1) is 0 Å². The number of halogens is 2. The Kier molecular flexibility index (Phi) is 9.59. The maximum absolute atomic E-state index is 13.0. The number of methoxy groups -OCH3 is 1. The number of nitrogens with one attached hydrogen (secondary N) is 1. The van der Waals surface area contributed by atoms with E-state index < -0.39 is 0 Å². The molecule has 3 rings (SSSR count). The van der Waals surface area contributed by atoms with Crippen molar-refractivity contribution in [2.75, 3.05) is 33.3 Å². The zero-order chi connectivity index (χ0) is 23.8. The summed E-state index contributed by atoms with van der Waals surface area (Å²) < 4.78 is 6.44. The van der Waals surface area contributed by atoms with E-state index in [-0.39, 0.29) is 11.9 Å². The van der Waals surface area contributed by atoms with E-state index in [1.54, 1.807) is 25.3 Å². The van der Waals surface area contributed by atoms with Crippen LogP contribution in [0.2, 0.25) is 5.02 Å². The molecule has 0 spiro atoms. The van der Waals surface area contributed by atoms with Gasteiger partial charge in [-0.3, -0.25) is 15.1 Å². The van der Waals surface area contributed by atoms with Gasteiger partial charge in [-0.2, -0.15) is 0 Å². The van der Waals surface area contributed by atoms with Crippen molar-refractivity contribution in [3.05, 3.63) is 62.6 Å². The number of benzene rings is 2. The fraction of sp³-hybridized carbons (Fsp3) is 0.440. The number of aliphatic imine (C=N–C) groups is 1. The molecule has 0 unspecified atom stereocenters. The lowest BCUT2D eigenvalue weighted by molar-refractivity contribution is 0.0975. The second kappa shape index (κ2) is 12.4. The number of aryl methyl sites for hydroxylation is 1. The standard InChI is InChI=1S/C25H32BrClN4O2/c1-3-31-13-11-17(12-14-31)16-29-25(28)30-24(32)21-5-4-6-22(27)20(21)9-7-18-15-19(26)8-10-23(18)33-2/h4-6,8,10,15,17H,3,7,9,11-14,16H2,1-2H3,(H3,28,29,30,32). The molecule has 1 fully saturated rings. The van der Waals surface area contributed by atoms with Crippen molar-refractivity contribution in [3.63, 3.8) is 0 Å². The zero-order valence-electron chi connectivity index (χ0n) is 19.2. The fourth-order valence-electron chi connectivity index (χ4n) is 4.16. The first-order valence-electron chi connectivity index (χ1n) is 11.3. The van der Waals surface area contributed by atoms with Gasteiger partial charge in [0.2, 0.25) is 0 Å². The maximum Gasteiger partial charge on any atom is 0.258 e. The molecule has 2 aromatic rings. The molecule has 0 aromatic heterocycles. The number of carbonyl (C=O) groups is 1. The lowest BCUT2D eigenvalue weighted by Crippen LogP contribution is -2.38. The number of nitrogens with two attached hydrogens (primary N) is 1. The van der Waals surface area contributed by atoms with Gasteiger partial charge in [-0.05, 0) is 92.7 Å². The van der Waals surface area contributed by atoms with E-state index >= 15 is 0 Å². The minimum absolute atomic E-state index is 0.150. The Hall–Kier alpha value is -2.09. The van der Waals surface area contributed by atoms with Crippen LogP contribution in [0.3, 0.4) is 0 Å². The highest BCUT2D eigenvalue weighted by atomic mass is 79.9. The van der Waals surface area contributed by atoms with E-state index in [2.05, 4.69) is 38.1 Å². The van der Waals surface area contributed by atoms with Gasteiger partial charge in [-0.25, -0.2) is 0 Å². The molecule has 1 saturated heterocycles. The first kappa shape index (κ1) is 25.5. The monoisotopic (exact) mass is 534 g/mol. The molecule has 1 aliphatic heterocycles. The molecule has 0 saturated carbocycles. The van der Waals surface area contributed by atoms with E-state index in [0.717, 1.165) is 53.8 Å². The summed E-state index contributed by atoms with van der Waals surface area (Å²) in [7, 11) is 1.65. The normalized spacial score (nSPS) is 15.5. The Bertz CT molecular complexity index is 990. The summed E-state index contributed by atoms with van der Waals surface area (Å²) in [4.78, 5) is 19.9. The molecule has 0 aliphatic carbocycles. The summed E-state index contributed by atoms with van der Waals surface area (Å²) in [5.74, 6) is 1.16. The topological polar surface area (TPSA) is 80.0 Å². The number of carbonyl (C=O) groups excluding carboxylic acids is 1. The second-order valence-electron chi connectivity index (χ2n) is 8.28. The van der Waals surface area contributed by atoms with Gasteiger partial charge in [0.05, 0.1) is 7.11 Å². The molecule has 0 bridgehead atoms. The van der Waals surface area contributed by atoms with Gasteiger partial charge in [0.15, 0.2) is 5.96 Å². The molecule has 1 amide bonds. The second-order valence-corrected chi connectivity index (χ2v) is 9.60. The highest BCUT2D eigenvalue weighted by Crippen LogP contribution is 2.27. The number of ether oxygens (including phenoxy) is 1. The Morgan fingerprint density at radius 3 is 2.73 bits per heavy atom. The highest BCUT2D eigenvalue weighted by Gasteiger charge is 2.19. The Balaban J connectivity index is 1.65. The average molecular weight is 536 g/mol.